The van der Waals surface area contributed by atoms with Crippen molar-refractivity contribution in [1.82, 2.24) is 10.2 Å². The molecule has 0 aromatic heterocycles. The highest BCUT2D eigenvalue weighted by Crippen LogP contribution is 2.25. The molecule has 2 unspecified atom stereocenters. The molecule has 0 saturated heterocycles. The Balaban J connectivity index is 2.00. The van der Waals surface area contributed by atoms with Crippen LogP contribution in [0, 0.1) is 13.8 Å². The van der Waals surface area contributed by atoms with Crippen LogP contribution in [0.1, 0.15) is 42.1 Å². The van der Waals surface area contributed by atoms with Crippen molar-refractivity contribution in [3.63, 3.8) is 0 Å². The fourth-order valence-electron chi connectivity index (χ4n) is 3.24. The van der Waals surface area contributed by atoms with E-state index in [-0.39, 0.29) is 18.0 Å². The van der Waals surface area contributed by atoms with Gasteiger partial charge in [0.1, 0.15) is 5.75 Å². The first kappa shape index (κ1) is 20.0. The number of methoxy groups -OCH3 is 1. The molecule has 1 N–H and O–H groups in total. The van der Waals surface area contributed by atoms with Crippen LogP contribution in [0.15, 0.2) is 42.5 Å². The molecule has 0 saturated carbocycles. The largest absolute Gasteiger partial charge is 0.496 e. The number of hydrogen-bond acceptors (Lipinski definition) is 3. The molecule has 0 fully saturated rings. The van der Waals surface area contributed by atoms with Crippen LogP contribution in [0.4, 0.5) is 0 Å². The molecule has 0 bridgehead atoms. The molecule has 4 heteroatoms. The minimum atomic E-state index is -0.219. The number of benzene rings is 2. The van der Waals surface area contributed by atoms with Gasteiger partial charge in [-0.15, -0.1) is 0 Å². The Bertz CT molecular complexity index is 720. The second kappa shape index (κ2) is 8.86. The first-order valence-corrected chi connectivity index (χ1v) is 9.03. The molecular formula is C22H30N2O2. The summed E-state index contributed by atoms with van der Waals surface area (Å²) in [6.07, 6.45) is 0. The van der Waals surface area contributed by atoms with Crippen LogP contribution >= 0.6 is 0 Å². The summed E-state index contributed by atoms with van der Waals surface area (Å²) in [6, 6.07) is 14.0. The minimum absolute atomic E-state index is 0.00924. The molecule has 0 aliphatic heterocycles. The van der Waals surface area contributed by atoms with Gasteiger partial charge in [0.05, 0.1) is 19.2 Å². The van der Waals surface area contributed by atoms with Crippen molar-refractivity contribution < 1.29 is 9.53 Å². The Labute approximate surface area is 157 Å². The van der Waals surface area contributed by atoms with Crippen molar-refractivity contribution in [3.8, 4) is 5.75 Å². The Kier molecular flexibility index (Phi) is 6.81. The van der Waals surface area contributed by atoms with Gasteiger partial charge in [-0.2, -0.15) is 0 Å². The lowest BCUT2D eigenvalue weighted by molar-refractivity contribution is -0.126. The molecule has 2 aromatic carbocycles. The maximum Gasteiger partial charge on any atom is 0.237 e. The van der Waals surface area contributed by atoms with Crippen molar-refractivity contribution in [2.45, 2.75) is 46.3 Å². The Hall–Kier alpha value is -2.33. The lowest BCUT2D eigenvalue weighted by Gasteiger charge is -2.26. The van der Waals surface area contributed by atoms with Crippen LogP contribution in [0.5, 0.6) is 5.75 Å². The third-order valence-electron chi connectivity index (χ3n) is 4.86. The molecule has 1 amide bonds. The molecule has 26 heavy (non-hydrogen) atoms. The minimum Gasteiger partial charge on any atom is -0.496 e. The molecule has 0 radical (unpaired) electrons. The SMILES string of the molecule is COc1c(C)cc(CN(C)C(C)C(=O)NC(C)c2ccccc2)cc1C. The van der Waals surface area contributed by atoms with E-state index in [0.29, 0.717) is 6.54 Å². The summed E-state index contributed by atoms with van der Waals surface area (Å²) in [4.78, 5) is 14.7. The highest BCUT2D eigenvalue weighted by Gasteiger charge is 2.20. The van der Waals surface area contributed by atoms with Crippen molar-refractivity contribution in [2.24, 2.45) is 0 Å². The Morgan fingerprint density at radius 2 is 1.69 bits per heavy atom. The molecule has 0 heterocycles. The van der Waals surface area contributed by atoms with E-state index >= 15 is 0 Å². The van der Waals surface area contributed by atoms with E-state index in [1.807, 2.05) is 65.1 Å². The molecule has 0 aliphatic rings. The zero-order valence-electron chi connectivity index (χ0n) is 16.7. The maximum absolute atomic E-state index is 12.6. The fraction of sp³-hybridized carbons (Fsp3) is 0.409. The van der Waals surface area contributed by atoms with Crippen LogP contribution in [0.25, 0.3) is 0 Å². The lowest BCUT2D eigenvalue weighted by Crippen LogP contribution is -2.43. The number of hydrogen-bond donors (Lipinski definition) is 1. The van der Waals surface area contributed by atoms with E-state index in [1.54, 1.807) is 7.11 Å². The van der Waals surface area contributed by atoms with Gasteiger partial charge in [0.2, 0.25) is 5.91 Å². The highest BCUT2D eigenvalue weighted by atomic mass is 16.5. The number of nitrogens with one attached hydrogen (secondary N) is 1. The zero-order chi connectivity index (χ0) is 19.3. The Morgan fingerprint density at radius 3 is 2.23 bits per heavy atom. The van der Waals surface area contributed by atoms with Gasteiger partial charge in [0.25, 0.3) is 0 Å². The first-order valence-electron chi connectivity index (χ1n) is 9.03. The smallest absolute Gasteiger partial charge is 0.237 e. The standard InChI is InChI=1S/C22H30N2O2/c1-15-12-19(13-16(2)21(15)26-6)14-24(5)18(4)22(25)23-17(3)20-10-8-7-9-11-20/h7-13,17-18H,14H2,1-6H3,(H,23,25). The monoisotopic (exact) mass is 354 g/mol. The summed E-state index contributed by atoms with van der Waals surface area (Å²) in [7, 11) is 3.67. The van der Waals surface area contributed by atoms with Crippen LogP contribution in [0.3, 0.4) is 0 Å². The number of aryl methyl sites for hydroxylation is 2. The summed E-state index contributed by atoms with van der Waals surface area (Å²) in [5, 5.41) is 3.10. The summed E-state index contributed by atoms with van der Waals surface area (Å²) in [6.45, 7) is 8.76. The summed E-state index contributed by atoms with van der Waals surface area (Å²) in [5.41, 5.74) is 4.52. The average Bonchev–Trinajstić information content (AvgIpc) is 2.61. The van der Waals surface area contributed by atoms with Crippen molar-refractivity contribution >= 4 is 5.91 Å². The molecular weight excluding hydrogens is 324 g/mol. The van der Waals surface area contributed by atoms with E-state index in [9.17, 15) is 4.79 Å². The molecule has 0 spiro atoms. The number of amides is 1. The normalized spacial score (nSPS) is 13.3. The molecule has 2 atom stereocenters. The molecule has 140 valence electrons. The third kappa shape index (κ3) is 4.85. The molecule has 4 nitrogen and oxygen atoms in total. The van der Waals surface area contributed by atoms with E-state index in [1.165, 1.54) is 5.56 Å². The van der Waals surface area contributed by atoms with E-state index in [2.05, 4.69) is 22.3 Å². The van der Waals surface area contributed by atoms with Crippen molar-refractivity contribution in [2.75, 3.05) is 14.2 Å². The van der Waals surface area contributed by atoms with Gasteiger partial charge < -0.3 is 10.1 Å². The second-order valence-electron chi connectivity index (χ2n) is 6.99. The zero-order valence-corrected chi connectivity index (χ0v) is 16.7. The fourth-order valence-corrected chi connectivity index (χ4v) is 3.24. The number of nitrogens with zero attached hydrogens (tertiary/aromatic N) is 1. The number of likely N-dealkylation sites (N-methyl/N-ethyl adjacent to an activating group) is 1. The van der Waals surface area contributed by atoms with Crippen molar-refractivity contribution in [1.29, 1.82) is 0 Å². The topological polar surface area (TPSA) is 41.6 Å². The summed E-state index contributed by atoms with van der Waals surface area (Å²) in [5.74, 6) is 0.963. The van der Waals surface area contributed by atoms with Gasteiger partial charge >= 0.3 is 0 Å². The van der Waals surface area contributed by atoms with Gasteiger partial charge in [-0.05, 0) is 57.0 Å². The number of ether oxygens (including phenoxy) is 1. The molecule has 0 aliphatic carbocycles. The van der Waals surface area contributed by atoms with Crippen LogP contribution in [-0.2, 0) is 11.3 Å². The van der Waals surface area contributed by atoms with E-state index < -0.39 is 0 Å². The summed E-state index contributed by atoms with van der Waals surface area (Å²) >= 11 is 0. The average molecular weight is 354 g/mol. The van der Waals surface area contributed by atoms with Gasteiger partial charge in [-0.25, -0.2) is 0 Å². The predicted molar refractivity (Wildman–Crippen MR) is 106 cm³/mol. The van der Waals surface area contributed by atoms with Gasteiger partial charge in [-0.3, -0.25) is 9.69 Å². The van der Waals surface area contributed by atoms with Gasteiger partial charge in [0, 0.05) is 6.54 Å². The molecule has 2 aromatic rings. The van der Waals surface area contributed by atoms with Crippen LogP contribution in [0.2, 0.25) is 0 Å². The van der Waals surface area contributed by atoms with E-state index in [4.69, 9.17) is 4.74 Å². The summed E-state index contributed by atoms with van der Waals surface area (Å²) < 4.78 is 5.43. The second-order valence-corrected chi connectivity index (χ2v) is 6.99. The maximum atomic E-state index is 12.6. The van der Waals surface area contributed by atoms with Crippen LogP contribution < -0.4 is 10.1 Å². The number of carbonyl (C=O) groups excluding carboxylic acids is 1. The quantitative estimate of drug-likeness (QED) is 0.817. The Morgan fingerprint density at radius 1 is 1.12 bits per heavy atom. The third-order valence-corrected chi connectivity index (χ3v) is 4.86. The molecule has 2 rings (SSSR count). The number of carbonyl (C=O) groups is 1. The van der Waals surface area contributed by atoms with Gasteiger partial charge in [0.15, 0.2) is 0 Å². The lowest BCUT2D eigenvalue weighted by atomic mass is 10.0. The van der Waals surface area contributed by atoms with Crippen LogP contribution in [-0.4, -0.2) is 31.0 Å². The van der Waals surface area contributed by atoms with Crippen molar-refractivity contribution in [3.05, 3.63) is 64.7 Å². The first-order chi connectivity index (χ1) is 12.3. The predicted octanol–water partition coefficient (Wildman–Crippen LogP) is 4.01. The highest BCUT2D eigenvalue weighted by molar-refractivity contribution is 5.81. The van der Waals surface area contributed by atoms with Gasteiger partial charge in [-0.1, -0.05) is 42.5 Å². The van der Waals surface area contributed by atoms with E-state index in [0.717, 1.165) is 22.4 Å². The number of rotatable bonds is 7.